The highest BCUT2D eigenvalue weighted by Crippen LogP contribution is 2.42. The highest BCUT2D eigenvalue weighted by atomic mass is 16.3. The van der Waals surface area contributed by atoms with E-state index >= 15 is 0 Å². The molecule has 2 aliphatic rings. The average molecular weight is 339 g/mol. The van der Waals surface area contributed by atoms with Gasteiger partial charge in [0.05, 0.1) is 5.57 Å². The third kappa shape index (κ3) is 2.47. The Morgan fingerprint density at radius 1 is 1.12 bits per heavy atom. The molecular formula is C20H23N2O3+. The molecule has 0 amide bonds. The Labute approximate surface area is 147 Å². The zero-order valence-corrected chi connectivity index (χ0v) is 15.2. The largest absolute Gasteiger partial charge is 0.507 e. The summed E-state index contributed by atoms with van der Waals surface area (Å²) in [6, 6.07) is 5.05. The summed E-state index contributed by atoms with van der Waals surface area (Å²) < 4.78 is 0. The van der Waals surface area contributed by atoms with Crippen LogP contribution >= 0.6 is 0 Å². The Morgan fingerprint density at radius 3 is 2.28 bits per heavy atom. The van der Waals surface area contributed by atoms with E-state index in [2.05, 4.69) is 11.9 Å². The van der Waals surface area contributed by atoms with Crippen LogP contribution in [0.25, 0.3) is 5.57 Å². The number of hydrogen-bond donors (Lipinski definition) is 3. The number of anilines is 1. The molecule has 0 radical (unpaired) electrons. The van der Waals surface area contributed by atoms with Gasteiger partial charge in [-0.1, -0.05) is 6.92 Å². The average Bonchev–Trinajstić information content (AvgIpc) is 2.83. The molecular weight excluding hydrogens is 316 g/mol. The van der Waals surface area contributed by atoms with Crippen molar-refractivity contribution in [3.05, 3.63) is 51.9 Å². The minimum absolute atomic E-state index is 0.0196. The number of benzene rings is 1. The molecule has 5 nitrogen and oxygen atoms in total. The summed E-state index contributed by atoms with van der Waals surface area (Å²) in [7, 11) is 3.74. The van der Waals surface area contributed by atoms with Crippen LogP contribution in [-0.4, -0.2) is 35.8 Å². The Bertz CT molecular complexity index is 915. The molecule has 0 unspecified atom stereocenters. The molecule has 5 heteroatoms. The number of nitrogens with zero attached hydrogens (tertiary/aromatic N) is 1. The van der Waals surface area contributed by atoms with Crippen LogP contribution in [0.5, 0.6) is 5.75 Å². The van der Waals surface area contributed by atoms with Crippen molar-refractivity contribution in [2.75, 3.05) is 19.0 Å². The van der Waals surface area contributed by atoms with Crippen LogP contribution < -0.4 is 9.89 Å². The van der Waals surface area contributed by atoms with Gasteiger partial charge in [-0.05, 0) is 25.5 Å². The lowest BCUT2D eigenvalue weighted by Gasteiger charge is -2.22. The molecule has 3 N–H and O–H groups in total. The van der Waals surface area contributed by atoms with Crippen LogP contribution in [0.4, 0.5) is 5.69 Å². The van der Waals surface area contributed by atoms with Crippen molar-refractivity contribution < 1.29 is 20.0 Å². The maximum atomic E-state index is 12.7. The first-order valence-corrected chi connectivity index (χ1v) is 8.32. The van der Waals surface area contributed by atoms with Crippen molar-refractivity contribution in [3.63, 3.8) is 0 Å². The van der Waals surface area contributed by atoms with Crippen molar-refractivity contribution in [1.29, 1.82) is 0 Å². The molecule has 0 spiro atoms. The molecule has 130 valence electrons. The van der Waals surface area contributed by atoms with E-state index in [9.17, 15) is 15.0 Å². The first-order valence-electron chi connectivity index (χ1n) is 8.32. The number of phenolic OH excluding ortho intramolecular Hbond substituents is 1. The predicted molar refractivity (Wildman–Crippen MR) is 98.7 cm³/mol. The van der Waals surface area contributed by atoms with Gasteiger partial charge in [0.15, 0.2) is 5.71 Å². The van der Waals surface area contributed by atoms with Crippen molar-refractivity contribution in [1.82, 2.24) is 0 Å². The lowest BCUT2D eigenvalue weighted by Crippen LogP contribution is -2.69. The summed E-state index contributed by atoms with van der Waals surface area (Å²) in [6.07, 6.45) is 0.861. The van der Waals surface area contributed by atoms with Gasteiger partial charge >= 0.3 is 0 Å². The maximum absolute atomic E-state index is 12.7. The van der Waals surface area contributed by atoms with E-state index in [1.54, 1.807) is 18.2 Å². The van der Waals surface area contributed by atoms with E-state index in [1.807, 2.05) is 32.8 Å². The van der Waals surface area contributed by atoms with Gasteiger partial charge < -0.3 is 15.1 Å². The zero-order chi connectivity index (χ0) is 18.5. The fourth-order valence-electron chi connectivity index (χ4n) is 3.46. The number of nitrogens with one attached hydrogen (secondary N) is 1. The van der Waals surface area contributed by atoms with Crippen molar-refractivity contribution in [2.24, 2.45) is 0 Å². The molecule has 0 aromatic heterocycles. The molecule has 0 saturated heterocycles. The van der Waals surface area contributed by atoms with Gasteiger partial charge in [-0.2, -0.15) is 0 Å². The zero-order valence-electron chi connectivity index (χ0n) is 15.2. The standard InChI is InChI=1S/C20H22N2O3/c1-6-13-10(2)18(21-11(13)3)17-19(24)16(20(17)25)14-8-7-12(22(4)5)9-15(14)23/h7-9,23-24H,6H2,1-5H3/p+1. The summed E-state index contributed by atoms with van der Waals surface area (Å²) in [5, 5.41) is 20.8. The van der Waals surface area contributed by atoms with Crippen LogP contribution in [0.2, 0.25) is 0 Å². The van der Waals surface area contributed by atoms with Gasteiger partial charge in [-0.25, -0.2) is 4.99 Å². The number of carbonyl (C=O) groups is 1. The van der Waals surface area contributed by atoms with Gasteiger partial charge in [0.1, 0.15) is 17.1 Å². The first kappa shape index (κ1) is 17.0. The van der Waals surface area contributed by atoms with Crippen LogP contribution in [-0.2, 0) is 4.79 Å². The molecule has 1 aromatic rings. The fourth-order valence-corrected chi connectivity index (χ4v) is 3.46. The molecule has 1 heterocycles. The van der Waals surface area contributed by atoms with Crippen LogP contribution in [0, 0.1) is 0 Å². The minimum atomic E-state index is -0.252. The minimum Gasteiger partial charge on any atom is -0.507 e. The van der Waals surface area contributed by atoms with Crippen LogP contribution in [0.1, 0.15) is 32.8 Å². The van der Waals surface area contributed by atoms with E-state index in [4.69, 9.17) is 0 Å². The SMILES string of the molecule is CCC1=C(C)C(=C2C(=O)C(c3ccc(N(C)C)cc3O)=C2O)[NH+]=C1C. The number of Topliss-reactive ketones (excluding diaryl/α,β-unsaturated/α-hetero) is 1. The van der Waals surface area contributed by atoms with Gasteiger partial charge in [0.2, 0.25) is 11.5 Å². The summed E-state index contributed by atoms with van der Waals surface area (Å²) in [5.41, 5.74) is 5.47. The molecule has 1 aliphatic carbocycles. The topological polar surface area (TPSA) is 74.7 Å². The monoisotopic (exact) mass is 339 g/mol. The fraction of sp³-hybridized carbons (Fsp3) is 0.300. The highest BCUT2D eigenvalue weighted by molar-refractivity contribution is 6.39. The lowest BCUT2D eigenvalue weighted by molar-refractivity contribution is -0.389. The number of allylic oxidation sites excluding steroid dienone is 4. The van der Waals surface area contributed by atoms with Crippen molar-refractivity contribution >= 4 is 22.8 Å². The van der Waals surface area contributed by atoms with Gasteiger partial charge in [-0.15, -0.1) is 0 Å². The second-order valence-corrected chi connectivity index (χ2v) is 6.61. The number of ketones is 1. The van der Waals surface area contributed by atoms with E-state index in [1.165, 1.54) is 0 Å². The second kappa shape index (κ2) is 5.92. The van der Waals surface area contributed by atoms with E-state index in [-0.39, 0.29) is 22.9 Å². The van der Waals surface area contributed by atoms with Crippen LogP contribution in [0.3, 0.4) is 0 Å². The molecule has 0 atom stereocenters. The number of carbonyl (C=O) groups excluding carboxylic acids is 1. The molecule has 0 saturated carbocycles. The summed E-state index contributed by atoms with van der Waals surface area (Å²) >= 11 is 0. The van der Waals surface area contributed by atoms with Gasteiger partial charge in [0.25, 0.3) is 0 Å². The molecule has 1 aliphatic heterocycles. The van der Waals surface area contributed by atoms with Crippen molar-refractivity contribution in [2.45, 2.75) is 27.2 Å². The normalized spacial score (nSPS) is 20.2. The number of aliphatic hydroxyl groups excluding tert-OH is 1. The Hall–Kier alpha value is -2.82. The maximum Gasteiger partial charge on any atom is 0.222 e. The quantitative estimate of drug-likeness (QED) is 0.735. The number of hydrogen-bond acceptors (Lipinski definition) is 4. The van der Waals surface area contributed by atoms with Crippen LogP contribution in [0.15, 0.2) is 46.4 Å². The van der Waals surface area contributed by atoms with E-state index in [0.29, 0.717) is 16.8 Å². The molecule has 3 rings (SSSR count). The molecule has 25 heavy (non-hydrogen) atoms. The second-order valence-electron chi connectivity index (χ2n) is 6.61. The first-order chi connectivity index (χ1) is 11.8. The highest BCUT2D eigenvalue weighted by Gasteiger charge is 2.43. The molecule has 0 fully saturated rings. The smallest absolute Gasteiger partial charge is 0.222 e. The lowest BCUT2D eigenvalue weighted by atomic mass is 9.81. The Balaban J connectivity index is 2.10. The Morgan fingerprint density at radius 2 is 1.80 bits per heavy atom. The van der Waals surface area contributed by atoms with E-state index in [0.717, 1.165) is 29.0 Å². The summed E-state index contributed by atoms with van der Waals surface area (Å²) in [6.45, 7) is 5.98. The molecule has 0 bridgehead atoms. The van der Waals surface area contributed by atoms with Gasteiger partial charge in [0, 0.05) is 49.5 Å². The third-order valence-corrected chi connectivity index (χ3v) is 4.89. The Kier molecular flexibility index (Phi) is 4.03. The number of rotatable bonds is 3. The van der Waals surface area contributed by atoms with Crippen molar-refractivity contribution in [3.8, 4) is 5.75 Å². The summed E-state index contributed by atoms with van der Waals surface area (Å²) in [4.78, 5) is 17.8. The number of aromatic hydroxyl groups is 1. The number of aliphatic hydroxyl groups is 1. The van der Waals surface area contributed by atoms with Gasteiger partial charge in [-0.3, -0.25) is 4.79 Å². The summed E-state index contributed by atoms with van der Waals surface area (Å²) in [5.74, 6) is -0.337. The third-order valence-electron chi connectivity index (χ3n) is 4.89. The van der Waals surface area contributed by atoms with E-state index < -0.39 is 0 Å². The number of phenols is 1. The predicted octanol–water partition coefficient (Wildman–Crippen LogP) is 1.85. The molecule has 1 aromatic carbocycles.